The molecule has 0 bridgehead atoms. The van der Waals surface area contributed by atoms with Gasteiger partial charge in [-0.2, -0.15) is 5.06 Å². The highest BCUT2D eigenvalue weighted by Crippen LogP contribution is 2.41. The Balaban J connectivity index is 1.63. The Labute approximate surface area is 78.1 Å². The summed E-state index contributed by atoms with van der Waals surface area (Å²) in [5.41, 5.74) is 1.28. The van der Waals surface area contributed by atoms with Gasteiger partial charge in [0.1, 0.15) is 0 Å². The summed E-state index contributed by atoms with van der Waals surface area (Å²) in [6.45, 7) is 1.12. The number of benzene rings is 1. The fourth-order valence-corrected chi connectivity index (χ4v) is 1.64. The highest BCUT2D eigenvalue weighted by atomic mass is 16.8. The average molecular weight is 175 g/mol. The maximum absolute atomic E-state index is 5.49. The molecule has 0 radical (unpaired) electrons. The van der Waals surface area contributed by atoms with Crippen molar-refractivity contribution in [3.8, 4) is 0 Å². The zero-order valence-corrected chi connectivity index (χ0v) is 7.52. The molecule has 2 unspecified atom stereocenters. The summed E-state index contributed by atoms with van der Waals surface area (Å²) < 4.78 is 0. The van der Waals surface area contributed by atoms with Crippen molar-refractivity contribution in [2.75, 3.05) is 6.54 Å². The summed E-state index contributed by atoms with van der Waals surface area (Å²) in [4.78, 5) is 5.49. The summed E-state index contributed by atoms with van der Waals surface area (Å²) in [5.74, 6) is 0.911. The third-order valence-electron chi connectivity index (χ3n) is 2.67. The van der Waals surface area contributed by atoms with Crippen LogP contribution in [0, 0.1) is 5.92 Å². The lowest BCUT2D eigenvalue weighted by Gasteiger charge is -1.95. The molecule has 1 heterocycles. The van der Waals surface area contributed by atoms with Crippen molar-refractivity contribution in [2.45, 2.75) is 19.1 Å². The molecule has 1 saturated heterocycles. The minimum absolute atomic E-state index is 0.252. The van der Waals surface area contributed by atoms with E-state index in [-0.39, 0.29) is 6.23 Å². The minimum Gasteiger partial charge on any atom is -0.270 e. The SMILES string of the molecule is c1ccc(C2ON2CC2CC2)cc1. The first-order valence-corrected chi connectivity index (χ1v) is 4.92. The van der Waals surface area contributed by atoms with E-state index >= 15 is 0 Å². The molecule has 2 fully saturated rings. The van der Waals surface area contributed by atoms with Crippen LogP contribution in [0.15, 0.2) is 30.3 Å². The Morgan fingerprint density at radius 3 is 2.69 bits per heavy atom. The van der Waals surface area contributed by atoms with E-state index in [2.05, 4.69) is 29.3 Å². The predicted molar refractivity (Wildman–Crippen MR) is 49.7 cm³/mol. The lowest BCUT2D eigenvalue weighted by Crippen LogP contribution is -2.01. The molecule has 0 spiro atoms. The van der Waals surface area contributed by atoms with Gasteiger partial charge in [0.2, 0.25) is 0 Å². The van der Waals surface area contributed by atoms with Gasteiger partial charge in [0, 0.05) is 6.54 Å². The molecule has 1 aromatic carbocycles. The third kappa shape index (κ3) is 1.60. The Bertz CT molecular complexity index is 294. The zero-order valence-electron chi connectivity index (χ0n) is 7.52. The maximum Gasteiger partial charge on any atom is 0.179 e. The molecule has 2 atom stereocenters. The van der Waals surface area contributed by atoms with Crippen LogP contribution in [0.25, 0.3) is 0 Å². The fourth-order valence-electron chi connectivity index (χ4n) is 1.64. The third-order valence-corrected chi connectivity index (χ3v) is 2.67. The van der Waals surface area contributed by atoms with Crippen LogP contribution in [0.5, 0.6) is 0 Å². The van der Waals surface area contributed by atoms with Crippen molar-refractivity contribution in [1.29, 1.82) is 0 Å². The highest BCUT2D eigenvalue weighted by Gasteiger charge is 2.41. The standard InChI is InChI=1S/C11H13NO/c1-2-4-10(5-3-1)11-12(13-11)8-9-6-7-9/h1-5,9,11H,6-8H2. The van der Waals surface area contributed by atoms with Crippen LogP contribution in [0.4, 0.5) is 0 Å². The average Bonchev–Trinajstić information content (AvgIpc) is 3.04. The number of hydrogen-bond acceptors (Lipinski definition) is 2. The predicted octanol–water partition coefficient (Wildman–Crippen LogP) is 2.34. The van der Waals surface area contributed by atoms with Crippen molar-refractivity contribution in [3.63, 3.8) is 0 Å². The summed E-state index contributed by atoms with van der Waals surface area (Å²) in [6, 6.07) is 10.4. The molecular weight excluding hydrogens is 162 g/mol. The molecule has 68 valence electrons. The first kappa shape index (κ1) is 7.54. The monoisotopic (exact) mass is 175 g/mol. The van der Waals surface area contributed by atoms with Crippen molar-refractivity contribution in [1.82, 2.24) is 5.06 Å². The van der Waals surface area contributed by atoms with Crippen molar-refractivity contribution >= 4 is 0 Å². The van der Waals surface area contributed by atoms with E-state index in [1.54, 1.807) is 0 Å². The minimum atomic E-state index is 0.252. The topological polar surface area (TPSA) is 15.5 Å². The molecule has 1 aliphatic heterocycles. The van der Waals surface area contributed by atoms with Gasteiger partial charge in [0.25, 0.3) is 0 Å². The number of nitrogens with zero attached hydrogens (tertiary/aromatic N) is 1. The van der Waals surface area contributed by atoms with Crippen LogP contribution in [0.3, 0.4) is 0 Å². The van der Waals surface area contributed by atoms with Gasteiger partial charge in [-0.25, -0.2) is 0 Å². The van der Waals surface area contributed by atoms with E-state index in [9.17, 15) is 0 Å². The smallest absolute Gasteiger partial charge is 0.179 e. The van der Waals surface area contributed by atoms with E-state index in [1.165, 1.54) is 18.4 Å². The van der Waals surface area contributed by atoms with E-state index in [0.29, 0.717) is 0 Å². The normalized spacial score (nSPS) is 31.7. The highest BCUT2D eigenvalue weighted by molar-refractivity contribution is 5.18. The Hall–Kier alpha value is -0.860. The first-order valence-electron chi connectivity index (χ1n) is 4.92. The molecule has 13 heavy (non-hydrogen) atoms. The molecule has 0 aromatic heterocycles. The summed E-state index contributed by atoms with van der Waals surface area (Å²) >= 11 is 0. The van der Waals surface area contributed by atoms with E-state index in [4.69, 9.17) is 4.84 Å². The summed E-state index contributed by atoms with van der Waals surface area (Å²) in [6.07, 6.45) is 3.03. The molecule has 2 aliphatic rings. The molecule has 1 aliphatic carbocycles. The molecule has 0 amide bonds. The largest absolute Gasteiger partial charge is 0.270 e. The number of rotatable bonds is 3. The molecule has 2 nitrogen and oxygen atoms in total. The van der Waals surface area contributed by atoms with Crippen LogP contribution < -0.4 is 0 Å². The van der Waals surface area contributed by atoms with Gasteiger partial charge in [-0.3, -0.25) is 4.84 Å². The Morgan fingerprint density at radius 2 is 2.00 bits per heavy atom. The van der Waals surface area contributed by atoms with Gasteiger partial charge in [-0.1, -0.05) is 30.3 Å². The van der Waals surface area contributed by atoms with E-state index < -0.39 is 0 Å². The van der Waals surface area contributed by atoms with Gasteiger partial charge < -0.3 is 0 Å². The molecule has 1 aromatic rings. The van der Waals surface area contributed by atoms with Crippen molar-refractivity contribution in [3.05, 3.63) is 35.9 Å². The first-order chi connectivity index (χ1) is 6.43. The van der Waals surface area contributed by atoms with Crippen molar-refractivity contribution in [2.24, 2.45) is 5.92 Å². The molecule has 3 rings (SSSR count). The maximum atomic E-state index is 5.49. The number of hydroxylamine groups is 2. The van der Waals surface area contributed by atoms with E-state index in [0.717, 1.165) is 12.5 Å². The molecule has 0 N–H and O–H groups in total. The second-order valence-corrected chi connectivity index (χ2v) is 3.91. The van der Waals surface area contributed by atoms with Gasteiger partial charge in [-0.15, -0.1) is 0 Å². The van der Waals surface area contributed by atoms with E-state index in [1.807, 2.05) is 6.07 Å². The van der Waals surface area contributed by atoms with Crippen LogP contribution >= 0.6 is 0 Å². The van der Waals surface area contributed by atoms with Gasteiger partial charge >= 0.3 is 0 Å². The van der Waals surface area contributed by atoms with Gasteiger partial charge in [0.05, 0.1) is 0 Å². The number of hydrogen-bond donors (Lipinski definition) is 0. The zero-order chi connectivity index (χ0) is 8.67. The summed E-state index contributed by atoms with van der Waals surface area (Å²) in [5, 5.41) is 2.09. The van der Waals surface area contributed by atoms with Crippen LogP contribution in [0.2, 0.25) is 0 Å². The van der Waals surface area contributed by atoms with Crippen molar-refractivity contribution < 1.29 is 4.84 Å². The second kappa shape index (κ2) is 2.82. The Morgan fingerprint density at radius 1 is 1.23 bits per heavy atom. The molecular formula is C11H13NO. The fraction of sp³-hybridized carbons (Fsp3) is 0.455. The molecule has 1 saturated carbocycles. The lowest BCUT2D eigenvalue weighted by atomic mass is 10.2. The second-order valence-electron chi connectivity index (χ2n) is 3.91. The van der Waals surface area contributed by atoms with Crippen LogP contribution in [-0.4, -0.2) is 11.6 Å². The van der Waals surface area contributed by atoms with Crippen LogP contribution in [0.1, 0.15) is 24.6 Å². The molecule has 2 heteroatoms. The van der Waals surface area contributed by atoms with Gasteiger partial charge in [-0.05, 0) is 24.3 Å². The Kier molecular flexibility index (Phi) is 1.64. The van der Waals surface area contributed by atoms with Gasteiger partial charge in [0.15, 0.2) is 6.23 Å². The lowest BCUT2D eigenvalue weighted by molar-refractivity contribution is 0.192. The summed E-state index contributed by atoms with van der Waals surface area (Å²) in [7, 11) is 0. The quantitative estimate of drug-likeness (QED) is 0.655. The van der Waals surface area contributed by atoms with Crippen LogP contribution in [-0.2, 0) is 4.84 Å².